The minimum atomic E-state index is -0.274. The van der Waals surface area contributed by atoms with E-state index in [1.165, 1.54) is 6.26 Å². The molecule has 2 amide bonds. The van der Waals surface area contributed by atoms with E-state index in [-0.39, 0.29) is 17.6 Å². The van der Waals surface area contributed by atoms with Crippen LogP contribution in [0, 0.1) is 0 Å². The average Bonchev–Trinajstić information content (AvgIpc) is 3.04. The van der Waals surface area contributed by atoms with Crippen LogP contribution in [0.15, 0.2) is 47.1 Å². The van der Waals surface area contributed by atoms with E-state index < -0.39 is 0 Å². The summed E-state index contributed by atoms with van der Waals surface area (Å²) in [6.45, 7) is 0.863. The largest absolute Gasteiger partial charge is 0.459 e. The third-order valence-corrected chi connectivity index (χ3v) is 3.22. The molecule has 116 valence electrons. The number of halogens is 1. The van der Waals surface area contributed by atoms with Crippen molar-refractivity contribution in [2.45, 2.75) is 19.4 Å². The van der Waals surface area contributed by atoms with Crippen molar-refractivity contribution in [1.82, 2.24) is 10.6 Å². The minimum absolute atomic E-state index is 0.0628. The SMILES string of the molecule is O=C(CCCNC(=O)c1ccco1)NCc1cccc(Cl)c1. The molecule has 1 heterocycles. The van der Waals surface area contributed by atoms with E-state index in [1.54, 1.807) is 18.2 Å². The normalized spacial score (nSPS) is 10.2. The molecule has 2 rings (SSSR count). The zero-order valence-corrected chi connectivity index (χ0v) is 12.7. The number of rotatable bonds is 7. The van der Waals surface area contributed by atoms with E-state index in [4.69, 9.17) is 16.0 Å². The summed E-state index contributed by atoms with van der Waals surface area (Å²) in [6.07, 6.45) is 2.35. The third kappa shape index (κ3) is 5.26. The predicted octanol–water partition coefficient (Wildman–Crippen LogP) is 2.76. The van der Waals surface area contributed by atoms with Gasteiger partial charge in [-0.05, 0) is 36.2 Å². The molecular weight excluding hydrogens is 304 g/mol. The smallest absolute Gasteiger partial charge is 0.286 e. The van der Waals surface area contributed by atoms with Gasteiger partial charge in [-0.15, -0.1) is 0 Å². The standard InChI is InChI=1S/C16H17ClN2O3/c17-13-5-1-4-12(10-13)11-19-15(20)7-2-8-18-16(21)14-6-3-9-22-14/h1,3-6,9-10H,2,7-8,11H2,(H,18,21)(H,19,20). The van der Waals surface area contributed by atoms with Crippen molar-refractivity contribution in [1.29, 1.82) is 0 Å². The Labute approximate surface area is 133 Å². The summed E-state index contributed by atoms with van der Waals surface area (Å²) in [5.74, 6) is -0.0676. The van der Waals surface area contributed by atoms with Gasteiger partial charge in [0.15, 0.2) is 5.76 Å². The van der Waals surface area contributed by atoms with E-state index in [9.17, 15) is 9.59 Å². The molecule has 22 heavy (non-hydrogen) atoms. The van der Waals surface area contributed by atoms with Crippen LogP contribution in [0.5, 0.6) is 0 Å². The molecular formula is C16H17ClN2O3. The summed E-state index contributed by atoms with van der Waals surface area (Å²) in [4.78, 5) is 23.3. The van der Waals surface area contributed by atoms with Crippen LogP contribution in [0.25, 0.3) is 0 Å². The number of amides is 2. The Morgan fingerprint density at radius 1 is 1.14 bits per heavy atom. The molecule has 0 fully saturated rings. The van der Waals surface area contributed by atoms with Gasteiger partial charge in [0.05, 0.1) is 6.26 Å². The second-order valence-electron chi connectivity index (χ2n) is 4.74. The second-order valence-corrected chi connectivity index (χ2v) is 5.18. The first kappa shape index (κ1) is 16.1. The number of hydrogen-bond acceptors (Lipinski definition) is 3. The molecule has 0 bridgehead atoms. The molecule has 0 radical (unpaired) electrons. The topological polar surface area (TPSA) is 71.3 Å². The summed E-state index contributed by atoms with van der Waals surface area (Å²) in [6, 6.07) is 10.6. The predicted molar refractivity (Wildman–Crippen MR) is 83.6 cm³/mol. The summed E-state index contributed by atoms with van der Waals surface area (Å²) in [7, 11) is 0. The highest BCUT2D eigenvalue weighted by atomic mass is 35.5. The fourth-order valence-electron chi connectivity index (χ4n) is 1.88. The number of carbonyl (C=O) groups is 2. The van der Waals surface area contributed by atoms with E-state index in [1.807, 2.05) is 18.2 Å². The monoisotopic (exact) mass is 320 g/mol. The van der Waals surface area contributed by atoms with E-state index >= 15 is 0 Å². The van der Waals surface area contributed by atoms with Crippen molar-refractivity contribution in [2.75, 3.05) is 6.54 Å². The number of nitrogens with one attached hydrogen (secondary N) is 2. The Kier molecular flexibility index (Phi) is 6.03. The molecule has 2 N–H and O–H groups in total. The maximum Gasteiger partial charge on any atom is 0.286 e. The van der Waals surface area contributed by atoms with Crippen molar-refractivity contribution < 1.29 is 14.0 Å². The number of benzene rings is 1. The van der Waals surface area contributed by atoms with Crippen LogP contribution in [-0.2, 0) is 11.3 Å². The fourth-order valence-corrected chi connectivity index (χ4v) is 2.09. The highest BCUT2D eigenvalue weighted by molar-refractivity contribution is 6.30. The lowest BCUT2D eigenvalue weighted by Crippen LogP contribution is -2.27. The highest BCUT2D eigenvalue weighted by Crippen LogP contribution is 2.10. The Bertz CT molecular complexity index is 626. The highest BCUT2D eigenvalue weighted by Gasteiger charge is 2.07. The molecule has 5 nitrogen and oxygen atoms in total. The van der Waals surface area contributed by atoms with Crippen LogP contribution in [0.4, 0.5) is 0 Å². The van der Waals surface area contributed by atoms with Gasteiger partial charge >= 0.3 is 0 Å². The fraction of sp³-hybridized carbons (Fsp3) is 0.250. The Morgan fingerprint density at radius 3 is 2.73 bits per heavy atom. The van der Waals surface area contributed by atoms with Gasteiger partial charge in [0.1, 0.15) is 0 Å². The first-order valence-electron chi connectivity index (χ1n) is 6.98. The summed E-state index contributed by atoms with van der Waals surface area (Å²) < 4.78 is 4.97. The third-order valence-electron chi connectivity index (χ3n) is 2.99. The zero-order valence-electron chi connectivity index (χ0n) is 12.0. The van der Waals surface area contributed by atoms with Gasteiger partial charge in [-0.2, -0.15) is 0 Å². The summed E-state index contributed by atoms with van der Waals surface area (Å²) in [5, 5.41) is 6.15. The molecule has 0 aliphatic rings. The molecule has 0 saturated heterocycles. The molecule has 6 heteroatoms. The Morgan fingerprint density at radius 2 is 2.00 bits per heavy atom. The molecule has 0 aliphatic heterocycles. The van der Waals surface area contributed by atoms with Crippen molar-refractivity contribution >= 4 is 23.4 Å². The molecule has 1 aromatic carbocycles. The van der Waals surface area contributed by atoms with Crippen LogP contribution in [0.3, 0.4) is 0 Å². The molecule has 1 aromatic heterocycles. The lowest BCUT2D eigenvalue weighted by atomic mass is 10.2. The first-order chi connectivity index (χ1) is 10.6. The number of carbonyl (C=O) groups excluding carboxylic acids is 2. The van der Waals surface area contributed by atoms with Crippen molar-refractivity contribution in [3.63, 3.8) is 0 Å². The quantitative estimate of drug-likeness (QED) is 0.771. The number of hydrogen-bond donors (Lipinski definition) is 2. The van der Waals surface area contributed by atoms with Gasteiger partial charge in [0.25, 0.3) is 5.91 Å². The molecule has 0 saturated carbocycles. The Balaban J connectivity index is 1.61. The summed E-state index contributed by atoms with van der Waals surface area (Å²) in [5.41, 5.74) is 0.951. The maximum atomic E-state index is 11.7. The maximum absolute atomic E-state index is 11.7. The van der Waals surface area contributed by atoms with Crippen LogP contribution in [-0.4, -0.2) is 18.4 Å². The van der Waals surface area contributed by atoms with E-state index in [2.05, 4.69) is 10.6 Å². The molecule has 0 spiro atoms. The van der Waals surface area contributed by atoms with Crippen LogP contribution in [0.1, 0.15) is 29.0 Å². The lowest BCUT2D eigenvalue weighted by molar-refractivity contribution is -0.121. The molecule has 2 aromatic rings. The molecule has 0 unspecified atom stereocenters. The number of furan rings is 1. The average molecular weight is 321 g/mol. The van der Waals surface area contributed by atoms with Crippen molar-refractivity contribution in [3.8, 4) is 0 Å². The van der Waals surface area contributed by atoms with Crippen LogP contribution in [0.2, 0.25) is 5.02 Å². The van der Waals surface area contributed by atoms with Crippen LogP contribution < -0.4 is 10.6 Å². The van der Waals surface area contributed by atoms with Crippen molar-refractivity contribution in [3.05, 3.63) is 59.0 Å². The molecule has 0 atom stereocenters. The summed E-state index contributed by atoms with van der Waals surface area (Å²) >= 11 is 5.87. The van der Waals surface area contributed by atoms with Gasteiger partial charge < -0.3 is 15.1 Å². The van der Waals surface area contributed by atoms with Crippen molar-refractivity contribution in [2.24, 2.45) is 0 Å². The van der Waals surface area contributed by atoms with E-state index in [0.29, 0.717) is 31.0 Å². The second kappa shape index (κ2) is 8.24. The van der Waals surface area contributed by atoms with Crippen LogP contribution >= 0.6 is 11.6 Å². The van der Waals surface area contributed by atoms with Gasteiger partial charge in [-0.3, -0.25) is 9.59 Å². The van der Waals surface area contributed by atoms with Gasteiger partial charge in [-0.25, -0.2) is 0 Å². The van der Waals surface area contributed by atoms with Gasteiger partial charge in [0, 0.05) is 24.5 Å². The lowest BCUT2D eigenvalue weighted by Gasteiger charge is -2.06. The van der Waals surface area contributed by atoms with Gasteiger partial charge in [0.2, 0.25) is 5.91 Å². The van der Waals surface area contributed by atoms with E-state index in [0.717, 1.165) is 5.56 Å². The van der Waals surface area contributed by atoms with Gasteiger partial charge in [-0.1, -0.05) is 23.7 Å². The first-order valence-corrected chi connectivity index (χ1v) is 7.36. The minimum Gasteiger partial charge on any atom is -0.459 e. The Hall–Kier alpha value is -2.27. The zero-order chi connectivity index (χ0) is 15.8. The molecule has 0 aliphatic carbocycles.